The van der Waals surface area contributed by atoms with E-state index in [0.29, 0.717) is 34.0 Å². The van der Waals surface area contributed by atoms with Crippen LogP contribution in [0.25, 0.3) is 21.9 Å². The highest BCUT2D eigenvalue weighted by atomic mass is 35.5. The predicted octanol–water partition coefficient (Wildman–Crippen LogP) is 5.27. The number of thioether (sulfide) groups is 1. The summed E-state index contributed by atoms with van der Waals surface area (Å²) in [6, 6.07) is 23.4. The fourth-order valence-corrected chi connectivity index (χ4v) is 4.50. The van der Waals surface area contributed by atoms with E-state index in [1.807, 2.05) is 54.6 Å². The number of hydrogen-bond donors (Lipinski definition) is 1. The number of aromatic amines is 1. The van der Waals surface area contributed by atoms with Crippen molar-refractivity contribution in [3.8, 4) is 0 Å². The second-order valence-electron chi connectivity index (χ2n) is 6.92. The van der Waals surface area contributed by atoms with E-state index in [4.69, 9.17) is 16.6 Å². The number of nitrogens with zero attached hydrogens (tertiary/aromatic N) is 3. The molecule has 2 aromatic heterocycles. The van der Waals surface area contributed by atoms with Crippen molar-refractivity contribution in [2.45, 2.75) is 17.5 Å². The summed E-state index contributed by atoms with van der Waals surface area (Å²) in [6.07, 6.45) is 0. The fraction of sp³-hybridized carbons (Fsp3) is 0.0870. The van der Waals surface area contributed by atoms with Crippen LogP contribution in [0.4, 0.5) is 0 Å². The normalized spacial score (nSPS) is 11.4. The summed E-state index contributed by atoms with van der Waals surface area (Å²) in [4.78, 5) is 24.6. The summed E-state index contributed by atoms with van der Waals surface area (Å²) >= 11 is 7.72. The van der Waals surface area contributed by atoms with Gasteiger partial charge in [0.1, 0.15) is 5.82 Å². The Balaban J connectivity index is 1.50. The number of nitrogens with one attached hydrogen (secondary N) is 1. The van der Waals surface area contributed by atoms with Crippen molar-refractivity contribution in [1.29, 1.82) is 0 Å². The standard InChI is InChI=1S/C23H17ClN4OS/c24-16-10-11-20-19(12-16)26-23(28(20)13-15-6-2-1-3-7-15)30-14-21-25-18-9-5-4-8-17(18)22(29)27-21/h1-12H,13-14H2,(H,25,27,29). The monoisotopic (exact) mass is 432 g/mol. The van der Waals surface area contributed by atoms with Crippen LogP contribution in [0.2, 0.25) is 5.02 Å². The Hall–Kier alpha value is -3.09. The van der Waals surface area contributed by atoms with E-state index < -0.39 is 0 Å². The molecule has 5 aromatic rings. The molecule has 0 radical (unpaired) electrons. The molecule has 5 nitrogen and oxygen atoms in total. The molecular formula is C23H17ClN4OS. The van der Waals surface area contributed by atoms with Crippen LogP contribution in [0.1, 0.15) is 11.4 Å². The zero-order valence-corrected chi connectivity index (χ0v) is 17.5. The van der Waals surface area contributed by atoms with Crippen LogP contribution in [0.3, 0.4) is 0 Å². The lowest BCUT2D eigenvalue weighted by atomic mass is 10.2. The average Bonchev–Trinajstić information content (AvgIpc) is 3.09. The van der Waals surface area contributed by atoms with Gasteiger partial charge in [-0.25, -0.2) is 9.97 Å². The number of hydrogen-bond acceptors (Lipinski definition) is 4. The minimum atomic E-state index is -0.124. The summed E-state index contributed by atoms with van der Waals surface area (Å²) in [5, 5.41) is 2.10. The molecule has 7 heteroatoms. The average molecular weight is 433 g/mol. The third-order valence-corrected chi connectivity index (χ3v) is 6.08. The number of benzene rings is 3. The Labute approximate surface area is 181 Å². The van der Waals surface area contributed by atoms with Gasteiger partial charge >= 0.3 is 0 Å². The van der Waals surface area contributed by atoms with E-state index in [-0.39, 0.29) is 5.56 Å². The maximum absolute atomic E-state index is 12.4. The van der Waals surface area contributed by atoms with Crippen molar-refractivity contribution in [1.82, 2.24) is 19.5 Å². The molecular weight excluding hydrogens is 416 g/mol. The Kier molecular flexibility index (Phi) is 5.02. The second-order valence-corrected chi connectivity index (χ2v) is 8.30. The lowest BCUT2D eigenvalue weighted by Crippen LogP contribution is -2.11. The third kappa shape index (κ3) is 3.72. The van der Waals surface area contributed by atoms with Crippen molar-refractivity contribution < 1.29 is 0 Å². The number of para-hydroxylation sites is 1. The van der Waals surface area contributed by atoms with E-state index >= 15 is 0 Å². The number of rotatable bonds is 5. The van der Waals surface area contributed by atoms with Crippen LogP contribution < -0.4 is 5.56 Å². The fourth-order valence-electron chi connectivity index (χ4n) is 3.45. The summed E-state index contributed by atoms with van der Waals surface area (Å²) in [6.45, 7) is 0.697. The van der Waals surface area contributed by atoms with E-state index in [0.717, 1.165) is 16.2 Å². The summed E-state index contributed by atoms with van der Waals surface area (Å²) < 4.78 is 2.17. The third-order valence-electron chi connectivity index (χ3n) is 4.86. The van der Waals surface area contributed by atoms with Gasteiger partial charge in [-0.05, 0) is 35.9 Å². The van der Waals surface area contributed by atoms with E-state index in [9.17, 15) is 4.79 Å². The van der Waals surface area contributed by atoms with Gasteiger partial charge in [0.25, 0.3) is 5.56 Å². The molecule has 0 saturated carbocycles. The maximum Gasteiger partial charge on any atom is 0.258 e. The lowest BCUT2D eigenvalue weighted by Gasteiger charge is -2.09. The van der Waals surface area contributed by atoms with E-state index in [2.05, 4.69) is 26.7 Å². The zero-order valence-electron chi connectivity index (χ0n) is 15.9. The Morgan fingerprint density at radius 1 is 0.933 bits per heavy atom. The second kappa shape index (κ2) is 7.97. The first kappa shape index (κ1) is 18.9. The molecule has 0 spiro atoms. The van der Waals surface area contributed by atoms with Crippen LogP contribution in [0, 0.1) is 0 Å². The van der Waals surface area contributed by atoms with Gasteiger partial charge in [-0.3, -0.25) is 4.79 Å². The smallest absolute Gasteiger partial charge is 0.258 e. The van der Waals surface area contributed by atoms with Crippen molar-refractivity contribution in [3.63, 3.8) is 0 Å². The first-order valence-electron chi connectivity index (χ1n) is 9.48. The minimum Gasteiger partial charge on any atom is -0.314 e. The van der Waals surface area contributed by atoms with Gasteiger partial charge in [-0.2, -0.15) is 0 Å². The Morgan fingerprint density at radius 3 is 2.60 bits per heavy atom. The SMILES string of the molecule is O=c1[nH]c(CSc2nc3cc(Cl)ccc3n2Cc2ccccc2)nc2ccccc12. The number of imidazole rings is 1. The van der Waals surface area contributed by atoms with Crippen molar-refractivity contribution in [2.24, 2.45) is 0 Å². The molecule has 3 aromatic carbocycles. The molecule has 0 fully saturated rings. The topological polar surface area (TPSA) is 63.6 Å². The number of halogens is 1. The summed E-state index contributed by atoms with van der Waals surface area (Å²) in [5.74, 6) is 1.13. The van der Waals surface area contributed by atoms with Crippen LogP contribution in [0.5, 0.6) is 0 Å². The summed E-state index contributed by atoms with van der Waals surface area (Å²) in [7, 11) is 0. The number of H-pyrrole nitrogens is 1. The first-order chi connectivity index (χ1) is 14.7. The molecule has 5 rings (SSSR count). The van der Waals surface area contributed by atoms with Crippen molar-refractivity contribution in [3.05, 3.63) is 99.6 Å². The number of aromatic nitrogens is 4. The number of fused-ring (bicyclic) bond motifs is 2. The highest BCUT2D eigenvalue weighted by Gasteiger charge is 2.13. The molecule has 148 valence electrons. The Morgan fingerprint density at radius 2 is 1.73 bits per heavy atom. The molecule has 1 N–H and O–H groups in total. The van der Waals surface area contributed by atoms with E-state index in [1.54, 1.807) is 17.8 Å². The molecule has 0 amide bonds. The molecule has 2 heterocycles. The van der Waals surface area contributed by atoms with Gasteiger partial charge in [0, 0.05) is 5.02 Å². The summed E-state index contributed by atoms with van der Waals surface area (Å²) in [5.41, 5.74) is 3.62. The largest absolute Gasteiger partial charge is 0.314 e. The molecule has 0 bridgehead atoms. The van der Waals surface area contributed by atoms with Gasteiger partial charge in [-0.15, -0.1) is 0 Å². The van der Waals surface area contributed by atoms with Crippen molar-refractivity contribution >= 4 is 45.3 Å². The Bertz CT molecular complexity index is 1410. The quantitative estimate of drug-likeness (QED) is 0.384. The predicted molar refractivity (Wildman–Crippen MR) is 122 cm³/mol. The van der Waals surface area contributed by atoms with Gasteiger partial charge in [0.05, 0.1) is 34.2 Å². The molecule has 0 aliphatic heterocycles. The first-order valence-corrected chi connectivity index (χ1v) is 10.8. The van der Waals surface area contributed by atoms with Crippen LogP contribution in [0.15, 0.2) is 82.7 Å². The van der Waals surface area contributed by atoms with Gasteiger partial charge < -0.3 is 9.55 Å². The lowest BCUT2D eigenvalue weighted by molar-refractivity contribution is 0.730. The minimum absolute atomic E-state index is 0.124. The van der Waals surface area contributed by atoms with Crippen molar-refractivity contribution in [2.75, 3.05) is 0 Å². The van der Waals surface area contributed by atoms with E-state index in [1.165, 1.54) is 5.56 Å². The molecule has 0 saturated heterocycles. The molecule has 0 aliphatic rings. The molecule has 0 aliphatic carbocycles. The highest BCUT2D eigenvalue weighted by Crippen LogP contribution is 2.28. The van der Waals surface area contributed by atoms with Crippen LogP contribution in [-0.4, -0.2) is 19.5 Å². The molecule has 30 heavy (non-hydrogen) atoms. The van der Waals surface area contributed by atoms with Gasteiger partial charge in [0.2, 0.25) is 0 Å². The van der Waals surface area contributed by atoms with Gasteiger partial charge in [0.15, 0.2) is 5.16 Å². The highest BCUT2D eigenvalue weighted by molar-refractivity contribution is 7.98. The zero-order chi connectivity index (χ0) is 20.5. The maximum atomic E-state index is 12.4. The van der Waals surface area contributed by atoms with Crippen LogP contribution >= 0.6 is 23.4 Å². The molecule has 0 atom stereocenters. The molecule has 0 unspecified atom stereocenters. The van der Waals surface area contributed by atoms with Gasteiger partial charge in [-0.1, -0.05) is 65.8 Å². The van der Waals surface area contributed by atoms with Crippen LogP contribution in [-0.2, 0) is 12.3 Å².